The van der Waals surface area contributed by atoms with E-state index in [1.807, 2.05) is 19.9 Å². The van der Waals surface area contributed by atoms with Gasteiger partial charge in [0.2, 0.25) is 0 Å². The van der Waals surface area contributed by atoms with Crippen LogP contribution in [0, 0.1) is 19.7 Å². The Bertz CT molecular complexity index is 1310. The lowest BCUT2D eigenvalue weighted by Crippen LogP contribution is -2.21. The first kappa shape index (κ1) is 21.2. The summed E-state index contributed by atoms with van der Waals surface area (Å²) in [5.74, 6) is -1.86. The van der Waals surface area contributed by atoms with Crippen LogP contribution in [0.2, 0.25) is 0 Å². The lowest BCUT2D eigenvalue weighted by molar-refractivity contribution is -0.143. The molecule has 2 heterocycles. The molecule has 0 bridgehead atoms. The Labute approximate surface area is 179 Å². The molecule has 0 saturated carbocycles. The maximum Gasteiger partial charge on any atom is 0.435 e. The maximum absolute atomic E-state index is 13.8. The second-order valence-electron chi connectivity index (χ2n) is 7.02. The number of hydrogen-bond donors (Lipinski definition) is 1. The predicted molar refractivity (Wildman–Crippen MR) is 107 cm³/mol. The molecule has 0 fully saturated rings. The van der Waals surface area contributed by atoms with Crippen molar-refractivity contribution in [2.45, 2.75) is 20.0 Å². The van der Waals surface area contributed by atoms with Crippen molar-refractivity contribution in [1.82, 2.24) is 24.8 Å². The first-order valence-corrected chi connectivity index (χ1v) is 9.37. The summed E-state index contributed by atoms with van der Waals surface area (Å²) in [5, 5.41) is 13.6. The zero-order chi connectivity index (χ0) is 23.0. The molecule has 1 amide bonds. The van der Waals surface area contributed by atoms with Crippen molar-refractivity contribution < 1.29 is 22.4 Å². The topological polar surface area (TPSA) is 77.6 Å². The highest BCUT2D eigenvalue weighted by Gasteiger charge is 2.42. The fourth-order valence-corrected chi connectivity index (χ4v) is 3.27. The number of hydrogen-bond acceptors (Lipinski definition) is 4. The zero-order valence-corrected chi connectivity index (χ0v) is 16.9. The molecule has 0 spiro atoms. The van der Waals surface area contributed by atoms with Crippen LogP contribution in [0.25, 0.3) is 11.4 Å². The monoisotopic (exact) mass is 444 g/mol. The van der Waals surface area contributed by atoms with Crippen LogP contribution in [0.1, 0.15) is 27.6 Å². The summed E-state index contributed by atoms with van der Waals surface area (Å²) >= 11 is 0. The van der Waals surface area contributed by atoms with Gasteiger partial charge >= 0.3 is 6.18 Å². The second-order valence-corrected chi connectivity index (χ2v) is 7.02. The van der Waals surface area contributed by atoms with E-state index in [9.17, 15) is 22.4 Å². The number of alkyl halides is 3. The zero-order valence-electron chi connectivity index (χ0n) is 16.9. The summed E-state index contributed by atoms with van der Waals surface area (Å²) < 4.78 is 56.9. The summed E-state index contributed by atoms with van der Waals surface area (Å²) in [6, 6.07) is 12.8. The highest BCUT2D eigenvalue weighted by molar-refractivity contribution is 6.03. The van der Waals surface area contributed by atoms with Gasteiger partial charge in [0.05, 0.1) is 17.1 Å². The third kappa shape index (κ3) is 4.09. The number of amides is 1. The summed E-state index contributed by atoms with van der Waals surface area (Å²) in [5.41, 5.74) is -0.0468. The first-order chi connectivity index (χ1) is 15.1. The largest absolute Gasteiger partial charge is 0.435 e. The average molecular weight is 444 g/mol. The third-order valence-corrected chi connectivity index (χ3v) is 4.56. The standard InChI is InChI=1S/C21H16F4N6O/c1-12-9-13(2)30(28-12)17-8-4-6-15(11-17)26-20(32)18-19(21(23,24)25)31(29-27-18)16-7-3-5-14(22)10-16/h3-11H,1-2H3,(H,26,32). The molecule has 0 aliphatic carbocycles. The summed E-state index contributed by atoms with van der Waals surface area (Å²) in [7, 11) is 0. The third-order valence-electron chi connectivity index (χ3n) is 4.56. The van der Waals surface area contributed by atoms with Gasteiger partial charge in [0, 0.05) is 11.4 Å². The summed E-state index contributed by atoms with van der Waals surface area (Å²) in [6.07, 6.45) is -4.96. The van der Waals surface area contributed by atoms with Gasteiger partial charge in [0.25, 0.3) is 5.91 Å². The maximum atomic E-state index is 13.8. The van der Waals surface area contributed by atoms with Crippen LogP contribution >= 0.6 is 0 Å². The van der Waals surface area contributed by atoms with Crippen molar-refractivity contribution in [3.05, 3.63) is 83.2 Å². The van der Waals surface area contributed by atoms with Crippen molar-refractivity contribution in [2.75, 3.05) is 5.32 Å². The first-order valence-electron chi connectivity index (χ1n) is 9.37. The van der Waals surface area contributed by atoms with Gasteiger partial charge in [-0.05, 0) is 56.3 Å². The van der Waals surface area contributed by atoms with E-state index in [1.165, 1.54) is 18.2 Å². The molecule has 1 N–H and O–H groups in total. The Morgan fingerprint density at radius 3 is 2.28 bits per heavy atom. The van der Waals surface area contributed by atoms with E-state index in [0.29, 0.717) is 10.4 Å². The molecule has 11 heteroatoms. The Kier molecular flexibility index (Phi) is 5.25. The number of nitrogens with one attached hydrogen (secondary N) is 1. The van der Waals surface area contributed by atoms with Gasteiger partial charge in [-0.1, -0.05) is 17.3 Å². The smallest absolute Gasteiger partial charge is 0.320 e. The summed E-state index contributed by atoms with van der Waals surface area (Å²) in [6.45, 7) is 3.68. The lowest BCUT2D eigenvalue weighted by atomic mass is 10.2. The van der Waals surface area contributed by atoms with Gasteiger partial charge in [-0.15, -0.1) is 5.10 Å². The van der Waals surface area contributed by atoms with Crippen molar-refractivity contribution >= 4 is 11.6 Å². The Balaban J connectivity index is 1.69. The second kappa shape index (κ2) is 7.91. The molecular weight excluding hydrogens is 428 g/mol. The fourth-order valence-electron chi connectivity index (χ4n) is 3.27. The van der Waals surface area contributed by atoms with Gasteiger partial charge in [-0.3, -0.25) is 4.79 Å². The van der Waals surface area contributed by atoms with Crippen molar-refractivity contribution in [3.8, 4) is 11.4 Å². The number of carbonyl (C=O) groups excluding carboxylic acids is 1. The van der Waals surface area contributed by atoms with E-state index < -0.39 is 29.3 Å². The molecule has 2 aromatic heterocycles. The number of nitrogens with zero attached hydrogens (tertiary/aromatic N) is 5. The SMILES string of the molecule is Cc1cc(C)n(-c2cccc(NC(=O)c3nnn(-c4cccc(F)c4)c3C(F)(F)F)c2)n1. The highest BCUT2D eigenvalue weighted by atomic mass is 19.4. The Hall–Kier alpha value is -4.02. The van der Waals surface area contributed by atoms with E-state index in [-0.39, 0.29) is 11.4 Å². The number of carbonyl (C=O) groups is 1. The van der Waals surface area contributed by atoms with Gasteiger partial charge in [-0.2, -0.15) is 18.3 Å². The van der Waals surface area contributed by atoms with E-state index in [4.69, 9.17) is 0 Å². The minimum Gasteiger partial charge on any atom is -0.320 e. The van der Waals surface area contributed by atoms with Crippen molar-refractivity contribution in [1.29, 1.82) is 0 Å². The highest BCUT2D eigenvalue weighted by Crippen LogP contribution is 2.33. The summed E-state index contributed by atoms with van der Waals surface area (Å²) in [4.78, 5) is 12.7. The van der Waals surface area contributed by atoms with Crippen LogP contribution in [0.15, 0.2) is 54.6 Å². The van der Waals surface area contributed by atoms with E-state index in [0.717, 1.165) is 23.5 Å². The fraction of sp³-hybridized carbons (Fsp3) is 0.143. The van der Waals surface area contributed by atoms with Gasteiger partial charge in [-0.25, -0.2) is 13.8 Å². The van der Waals surface area contributed by atoms with Crippen LogP contribution in [-0.2, 0) is 6.18 Å². The minimum absolute atomic E-state index is 0.213. The quantitative estimate of drug-likeness (QED) is 0.471. The van der Waals surface area contributed by atoms with Crippen LogP contribution in [0.3, 0.4) is 0 Å². The normalized spacial score (nSPS) is 11.6. The number of anilines is 1. The van der Waals surface area contributed by atoms with Gasteiger partial charge < -0.3 is 5.32 Å². The molecular formula is C21H16F4N6O. The number of rotatable bonds is 4. The lowest BCUT2D eigenvalue weighted by Gasteiger charge is -2.12. The molecule has 32 heavy (non-hydrogen) atoms. The van der Waals surface area contributed by atoms with Crippen LogP contribution in [-0.4, -0.2) is 30.7 Å². The molecule has 0 unspecified atom stereocenters. The van der Waals surface area contributed by atoms with E-state index in [1.54, 1.807) is 22.9 Å². The van der Waals surface area contributed by atoms with Crippen molar-refractivity contribution in [3.63, 3.8) is 0 Å². The van der Waals surface area contributed by atoms with Gasteiger partial charge in [0.15, 0.2) is 11.4 Å². The molecule has 0 saturated heterocycles. The molecule has 7 nitrogen and oxygen atoms in total. The average Bonchev–Trinajstić information content (AvgIpc) is 3.31. The van der Waals surface area contributed by atoms with Crippen LogP contribution < -0.4 is 5.32 Å². The van der Waals surface area contributed by atoms with E-state index in [2.05, 4.69) is 20.7 Å². The molecule has 0 aliphatic heterocycles. The molecule has 0 aliphatic rings. The Morgan fingerprint density at radius 1 is 0.969 bits per heavy atom. The number of aryl methyl sites for hydroxylation is 2. The minimum atomic E-state index is -4.96. The molecule has 4 aromatic rings. The number of benzene rings is 2. The molecule has 0 radical (unpaired) electrons. The molecule has 2 aromatic carbocycles. The molecule has 164 valence electrons. The molecule has 4 rings (SSSR count). The van der Waals surface area contributed by atoms with E-state index >= 15 is 0 Å². The Morgan fingerprint density at radius 2 is 1.66 bits per heavy atom. The number of halogens is 4. The van der Waals surface area contributed by atoms with Gasteiger partial charge in [0.1, 0.15) is 5.82 Å². The van der Waals surface area contributed by atoms with Crippen LogP contribution in [0.5, 0.6) is 0 Å². The van der Waals surface area contributed by atoms with Crippen molar-refractivity contribution in [2.24, 2.45) is 0 Å². The van der Waals surface area contributed by atoms with Crippen LogP contribution in [0.4, 0.5) is 23.2 Å². The predicted octanol–water partition coefficient (Wildman–Crippen LogP) is 4.48. The molecule has 0 atom stereocenters. The number of aromatic nitrogens is 5.